The van der Waals surface area contributed by atoms with Crippen LogP contribution in [0.1, 0.15) is 55.8 Å². The number of carbonyl (C=O) groups excluding carboxylic acids is 2. The van der Waals surface area contributed by atoms with Gasteiger partial charge in [-0.3, -0.25) is 14.9 Å². The van der Waals surface area contributed by atoms with Gasteiger partial charge in [0.25, 0.3) is 11.8 Å². The number of aromatic amines is 2. The number of aryl methyl sites for hydroxylation is 1. The minimum atomic E-state index is -1.06. The molecule has 0 fully saturated rings. The van der Waals surface area contributed by atoms with E-state index < -0.39 is 11.9 Å². The lowest BCUT2D eigenvalue weighted by Crippen LogP contribution is -2.34. The molecule has 0 aliphatic heterocycles. The maximum Gasteiger partial charge on any atom is 0.352 e. The Balaban J connectivity index is 1.25. The molecule has 3 heterocycles. The third-order valence-electron chi connectivity index (χ3n) is 6.55. The van der Waals surface area contributed by atoms with Crippen LogP contribution in [0.3, 0.4) is 0 Å². The molecule has 5 aromatic rings. The Kier molecular flexibility index (Phi) is 7.44. The lowest BCUT2D eigenvalue weighted by Gasteiger charge is -2.12. The first-order valence-electron chi connectivity index (χ1n) is 12.5. The third kappa shape index (κ3) is 5.54. The van der Waals surface area contributed by atoms with Crippen LogP contribution in [0.25, 0.3) is 21.8 Å². The van der Waals surface area contributed by atoms with Crippen molar-refractivity contribution < 1.29 is 19.5 Å². The zero-order valence-corrected chi connectivity index (χ0v) is 22.0. The maximum atomic E-state index is 13.0. The van der Waals surface area contributed by atoms with Gasteiger partial charge in [0.1, 0.15) is 11.4 Å². The van der Waals surface area contributed by atoms with Crippen LogP contribution in [0, 0.1) is 0 Å². The number of anilines is 1. The number of aromatic carboxylic acids is 1. The Labute approximate surface area is 227 Å². The zero-order chi connectivity index (χ0) is 27.5. The van der Waals surface area contributed by atoms with Crippen molar-refractivity contribution in [3.05, 3.63) is 82.1 Å². The Hall–Kier alpha value is -4.48. The van der Waals surface area contributed by atoms with Crippen molar-refractivity contribution in [3.8, 4) is 0 Å². The Bertz CT molecular complexity index is 1680. The van der Waals surface area contributed by atoms with E-state index in [0.717, 1.165) is 27.8 Å². The van der Waals surface area contributed by atoms with Gasteiger partial charge in [0.05, 0.1) is 0 Å². The van der Waals surface area contributed by atoms with Gasteiger partial charge >= 0.3 is 5.97 Å². The number of carboxylic acid groups (broad SMARTS) is 1. The van der Waals surface area contributed by atoms with Crippen LogP contribution in [-0.4, -0.2) is 50.4 Å². The summed E-state index contributed by atoms with van der Waals surface area (Å²) in [5.74, 6) is -1.79. The number of nitrogens with two attached hydrogens (primary N) is 1. The zero-order valence-electron chi connectivity index (χ0n) is 21.2. The smallest absolute Gasteiger partial charge is 0.352 e. The molecule has 7 N–H and O–H groups in total. The maximum absolute atomic E-state index is 13.0. The molecule has 1 atom stereocenters. The monoisotopic (exact) mass is 544 g/mol. The highest BCUT2D eigenvalue weighted by molar-refractivity contribution is 7.14. The summed E-state index contributed by atoms with van der Waals surface area (Å²) in [6, 6.07) is 12.8. The van der Waals surface area contributed by atoms with Crippen LogP contribution in [0.4, 0.5) is 5.13 Å². The predicted molar refractivity (Wildman–Crippen MR) is 152 cm³/mol. The molecule has 5 rings (SSSR count). The SMILES string of the molecule is CC(Cc1c[nH]c2ccccc12)NC(=O)c1csc(NC(=O)c2ccc3[nH]c(C(=O)O)c(CCCN)c3c2)n1. The van der Waals surface area contributed by atoms with E-state index in [1.807, 2.05) is 37.4 Å². The van der Waals surface area contributed by atoms with Gasteiger partial charge in [-0.25, -0.2) is 9.78 Å². The van der Waals surface area contributed by atoms with Crippen LogP contribution >= 0.6 is 11.3 Å². The average molecular weight is 545 g/mol. The fourth-order valence-corrected chi connectivity index (χ4v) is 5.38. The number of nitrogens with one attached hydrogen (secondary N) is 4. The molecule has 200 valence electrons. The predicted octanol–water partition coefficient (Wildman–Crippen LogP) is 4.31. The molecule has 0 spiro atoms. The van der Waals surface area contributed by atoms with E-state index in [9.17, 15) is 19.5 Å². The summed E-state index contributed by atoms with van der Waals surface area (Å²) in [4.78, 5) is 47.9. The van der Waals surface area contributed by atoms with E-state index in [1.165, 1.54) is 0 Å². The molecule has 2 amide bonds. The van der Waals surface area contributed by atoms with Gasteiger partial charge in [-0.1, -0.05) is 18.2 Å². The van der Waals surface area contributed by atoms with Gasteiger partial charge in [-0.05, 0) is 68.1 Å². The van der Waals surface area contributed by atoms with Crippen LogP contribution in [0.2, 0.25) is 0 Å². The highest BCUT2D eigenvalue weighted by Gasteiger charge is 2.20. The first kappa shape index (κ1) is 26.1. The number of rotatable bonds is 10. The molecular formula is C28H28N6O4S. The second kappa shape index (κ2) is 11.1. The van der Waals surface area contributed by atoms with Gasteiger partial charge < -0.3 is 26.1 Å². The summed E-state index contributed by atoms with van der Waals surface area (Å²) >= 11 is 1.15. The number of H-pyrrole nitrogens is 2. The summed E-state index contributed by atoms with van der Waals surface area (Å²) in [5.41, 5.74) is 9.71. The van der Waals surface area contributed by atoms with E-state index in [4.69, 9.17) is 5.73 Å². The number of thiazole rings is 1. The van der Waals surface area contributed by atoms with Crippen molar-refractivity contribution in [2.45, 2.75) is 32.2 Å². The van der Waals surface area contributed by atoms with Crippen LogP contribution < -0.4 is 16.4 Å². The summed E-state index contributed by atoms with van der Waals surface area (Å²) < 4.78 is 0. The van der Waals surface area contributed by atoms with Crippen LogP contribution in [0.15, 0.2) is 54.0 Å². The lowest BCUT2D eigenvalue weighted by atomic mass is 10.0. The Morgan fingerprint density at radius 1 is 1.10 bits per heavy atom. The van der Waals surface area contributed by atoms with Gasteiger partial charge in [-0.15, -0.1) is 11.3 Å². The Morgan fingerprint density at radius 3 is 2.72 bits per heavy atom. The molecule has 0 radical (unpaired) electrons. The largest absolute Gasteiger partial charge is 0.477 e. The first-order valence-corrected chi connectivity index (χ1v) is 13.4. The number of para-hydroxylation sites is 1. The van der Waals surface area contributed by atoms with Crippen LogP contribution in [0.5, 0.6) is 0 Å². The standard InChI is InChI=1S/C28H28N6O4S/c1-15(11-17-13-30-21-7-3-2-5-18(17)21)31-26(36)23-14-39-28(33-23)34-25(35)16-8-9-22-20(12-16)19(6-4-10-29)24(32-22)27(37)38/h2-3,5,7-9,12-15,30,32H,4,6,10-11,29H2,1H3,(H,31,36)(H,37,38)(H,33,34,35). The highest BCUT2D eigenvalue weighted by atomic mass is 32.1. The molecule has 0 saturated heterocycles. The quantitative estimate of drug-likeness (QED) is 0.153. The minimum Gasteiger partial charge on any atom is -0.477 e. The first-order chi connectivity index (χ1) is 18.8. The molecule has 0 aliphatic carbocycles. The second-order valence-corrected chi connectivity index (χ2v) is 10.2. The molecule has 10 nitrogen and oxygen atoms in total. The van der Waals surface area contributed by atoms with Crippen molar-refractivity contribution in [1.82, 2.24) is 20.3 Å². The number of carboxylic acids is 1. The number of benzene rings is 2. The molecule has 2 aromatic carbocycles. The van der Waals surface area contributed by atoms with Crippen molar-refractivity contribution >= 4 is 56.1 Å². The van der Waals surface area contributed by atoms with Gasteiger partial charge in [0.15, 0.2) is 5.13 Å². The summed E-state index contributed by atoms with van der Waals surface area (Å²) in [6.07, 6.45) is 3.71. The number of hydrogen-bond acceptors (Lipinski definition) is 6. The summed E-state index contributed by atoms with van der Waals surface area (Å²) in [6.45, 7) is 2.36. The number of aromatic nitrogens is 3. The van der Waals surface area contributed by atoms with E-state index in [1.54, 1.807) is 23.6 Å². The number of carbonyl (C=O) groups is 3. The van der Waals surface area contributed by atoms with Gasteiger partial charge in [0.2, 0.25) is 0 Å². The van der Waals surface area contributed by atoms with Crippen molar-refractivity contribution in [3.63, 3.8) is 0 Å². The molecule has 11 heteroatoms. The van der Waals surface area contributed by atoms with E-state index in [-0.39, 0.29) is 28.5 Å². The second-order valence-electron chi connectivity index (χ2n) is 9.37. The van der Waals surface area contributed by atoms with Gasteiger partial charge in [0, 0.05) is 45.0 Å². The number of hydrogen-bond donors (Lipinski definition) is 6. The molecule has 0 saturated carbocycles. The summed E-state index contributed by atoms with van der Waals surface area (Å²) in [5, 5.41) is 19.0. The molecule has 1 unspecified atom stereocenters. The van der Waals surface area contributed by atoms with Crippen LogP contribution in [-0.2, 0) is 12.8 Å². The topological polar surface area (TPSA) is 166 Å². The highest BCUT2D eigenvalue weighted by Crippen LogP contribution is 2.26. The molecule has 39 heavy (non-hydrogen) atoms. The number of nitrogens with zero attached hydrogens (tertiary/aromatic N) is 1. The van der Waals surface area contributed by atoms with Crippen molar-refractivity contribution in [1.29, 1.82) is 0 Å². The van der Waals surface area contributed by atoms with E-state index >= 15 is 0 Å². The number of fused-ring (bicyclic) bond motifs is 2. The third-order valence-corrected chi connectivity index (χ3v) is 7.31. The van der Waals surface area contributed by atoms with E-state index in [0.29, 0.717) is 47.8 Å². The Morgan fingerprint density at radius 2 is 1.92 bits per heavy atom. The molecular weight excluding hydrogens is 516 g/mol. The van der Waals surface area contributed by atoms with E-state index in [2.05, 4.69) is 25.6 Å². The summed E-state index contributed by atoms with van der Waals surface area (Å²) in [7, 11) is 0. The molecule has 0 bridgehead atoms. The fourth-order valence-electron chi connectivity index (χ4n) is 4.69. The van der Waals surface area contributed by atoms with Crippen molar-refractivity contribution in [2.24, 2.45) is 5.73 Å². The van der Waals surface area contributed by atoms with Gasteiger partial charge in [-0.2, -0.15) is 0 Å². The van der Waals surface area contributed by atoms with Crippen molar-refractivity contribution in [2.75, 3.05) is 11.9 Å². The minimum absolute atomic E-state index is 0.102. The lowest BCUT2D eigenvalue weighted by molar-refractivity contribution is 0.0689. The molecule has 3 aromatic heterocycles. The molecule has 0 aliphatic rings. The normalized spacial score (nSPS) is 12.1. The fraction of sp³-hybridized carbons (Fsp3) is 0.214. The average Bonchev–Trinajstić information content (AvgIpc) is 3.64. The number of amides is 2.